The van der Waals surface area contributed by atoms with Gasteiger partial charge in [0.25, 0.3) is 0 Å². The Hall–Kier alpha value is -2.59. The number of fused-ring (bicyclic) bond motifs is 1. The van der Waals surface area contributed by atoms with E-state index in [9.17, 15) is 9.59 Å². The molecule has 1 unspecified atom stereocenters. The zero-order chi connectivity index (χ0) is 17.3. The van der Waals surface area contributed by atoms with Gasteiger partial charge in [0.2, 0.25) is 11.7 Å². The number of carbonyl (C=O) groups excluding carboxylic acids is 2. The van der Waals surface area contributed by atoms with Gasteiger partial charge in [0.1, 0.15) is 11.0 Å². The lowest BCUT2D eigenvalue weighted by Gasteiger charge is -2.06. The summed E-state index contributed by atoms with van der Waals surface area (Å²) in [5, 5.41) is 2.90. The average Bonchev–Trinajstić information content (AvgIpc) is 2.91. The van der Waals surface area contributed by atoms with Gasteiger partial charge in [-0.3, -0.25) is 9.59 Å². The predicted molar refractivity (Wildman–Crippen MR) is 94.8 cm³/mol. The van der Waals surface area contributed by atoms with Crippen LogP contribution in [0.4, 0.5) is 5.69 Å². The number of hydrogen-bond acceptors (Lipinski definition) is 3. The highest BCUT2D eigenvalue weighted by molar-refractivity contribution is 6.32. The smallest absolute Gasteiger partial charge is 0.242 e. The molecule has 1 amide bonds. The summed E-state index contributed by atoms with van der Waals surface area (Å²) in [6, 6.07) is 14.2. The van der Waals surface area contributed by atoms with Gasteiger partial charge in [0.05, 0.1) is 0 Å². The molecule has 0 fully saturated rings. The molecule has 0 spiro atoms. The molecular formula is C19H16ClNO3. The lowest BCUT2D eigenvalue weighted by atomic mass is 10.0. The third kappa shape index (κ3) is 3.05. The van der Waals surface area contributed by atoms with Crippen LogP contribution in [-0.4, -0.2) is 17.1 Å². The second kappa shape index (κ2) is 6.49. The monoisotopic (exact) mass is 341 g/mol. The fourth-order valence-electron chi connectivity index (χ4n) is 2.48. The van der Waals surface area contributed by atoms with E-state index in [0.29, 0.717) is 22.6 Å². The Morgan fingerprint density at radius 2 is 1.83 bits per heavy atom. The maximum Gasteiger partial charge on any atom is 0.242 e. The van der Waals surface area contributed by atoms with Gasteiger partial charge >= 0.3 is 0 Å². The molecule has 0 saturated carbocycles. The van der Waals surface area contributed by atoms with Crippen molar-refractivity contribution in [1.29, 1.82) is 0 Å². The van der Waals surface area contributed by atoms with Crippen molar-refractivity contribution >= 4 is 39.9 Å². The van der Waals surface area contributed by atoms with Crippen molar-refractivity contribution in [3.05, 3.63) is 65.4 Å². The lowest BCUT2D eigenvalue weighted by molar-refractivity contribution is -0.115. The minimum absolute atomic E-state index is 0.163. The molecule has 24 heavy (non-hydrogen) atoms. The number of rotatable bonds is 4. The van der Waals surface area contributed by atoms with Crippen LogP contribution in [0.1, 0.15) is 28.6 Å². The molecular weight excluding hydrogens is 326 g/mol. The molecule has 0 aliphatic rings. The van der Waals surface area contributed by atoms with Gasteiger partial charge < -0.3 is 9.73 Å². The first kappa shape index (κ1) is 16.3. The summed E-state index contributed by atoms with van der Waals surface area (Å²) in [4.78, 5) is 24.3. The first-order chi connectivity index (χ1) is 11.5. The molecule has 0 radical (unpaired) electrons. The second-order valence-electron chi connectivity index (χ2n) is 5.57. The van der Waals surface area contributed by atoms with E-state index in [1.54, 1.807) is 37.3 Å². The molecule has 3 rings (SSSR count). The van der Waals surface area contributed by atoms with Crippen LogP contribution < -0.4 is 5.32 Å². The molecule has 1 aromatic heterocycles. The number of nitrogens with one attached hydrogen (secondary N) is 1. The first-order valence-corrected chi connectivity index (χ1v) is 7.99. The van der Waals surface area contributed by atoms with Crippen LogP contribution >= 0.6 is 11.6 Å². The molecule has 122 valence electrons. The summed E-state index contributed by atoms with van der Waals surface area (Å²) in [6.07, 6.45) is 0. The Morgan fingerprint density at radius 3 is 2.50 bits per heavy atom. The number of halogens is 1. The molecule has 0 aliphatic carbocycles. The van der Waals surface area contributed by atoms with E-state index < -0.39 is 5.38 Å². The Labute approximate surface area is 144 Å². The van der Waals surface area contributed by atoms with Gasteiger partial charge in [-0.05, 0) is 32.0 Å². The third-order valence-electron chi connectivity index (χ3n) is 3.81. The Balaban J connectivity index is 1.99. The number of anilines is 1. The summed E-state index contributed by atoms with van der Waals surface area (Å²) >= 11 is 5.77. The highest BCUT2D eigenvalue weighted by Gasteiger charge is 2.19. The number of ketones is 1. The number of furan rings is 1. The van der Waals surface area contributed by atoms with Crippen LogP contribution in [-0.2, 0) is 4.79 Å². The van der Waals surface area contributed by atoms with Crippen molar-refractivity contribution in [2.45, 2.75) is 19.2 Å². The maximum absolute atomic E-state index is 12.6. The summed E-state index contributed by atoms with van der Waals surface area (Å²) in [7, 11) is 0. The van der Waals surface area contributed by atoms with Crippen molar-refractivity contribution in [3.8, 4) is 0 Å². The first-order valence-electron chi connectivity index (χ1n) is 7.55. The van der Waals surface area contributed by atoms with Gasteiger partial charge in [-0.25, -0.2) is 0 Å². The Kier molecular flexibility index (Phi) is 4.40. The van der Waals surface area contributed by atoms with Crippen molar-refractivity contribution in [3.63, 3.8) is 0 Å². The van der Waals surface area contributed by atoms with Crippen LogP contribution in [0.25, 0.3) is 11.0 Å². The highest BCUT2D eigenvalue weighted by atomic mass is 35.5. The second-order valence-corrected chi connectivity index (χ2v) is 6.22. The fourth-order valence-corrected chi connectivity index (χ4v) is 2.53. The van der Waals surface area contributed by atoms with Gasteiger partial charge in [-0.15, -0.1) is 11.6 Å². The van der Waals surface area contributed by atoms with Crippen LogP contribution in [0.2, 0.25) is 0 Å². The van der Waals surface area contributed by atoms with E-state index in [1.807, 2.05) is 25.1 Å². The van der Waals surface area contributed by atoms with Crippen molar-refractivity contribution in [2.75, 3.05) is 5.32 Å². The van der Waals surface area contributed by atoms with Crippen LogP contribution in [0.15, 0.2) is 52.9 Å². The lowest BCUT2D eigenvalue weighted by Crippen LogP contribution is -2.20. The number of alkyl halides is 1. The highest BCUT2D eigenvalue weighted by Crippen LogP contribution is 2.29. The van der Waals surface area contributed by atoms with E-state index in [0.717, 1.165) is 10.9 Å². The van der Waals surface area contributed by atoms with Crippen molar-refractivity contribution in [1.82, 2.24) is 0 Å². The molecule has 0 aliphatic heterocycles. The average molecular weight is 342 g/mol. The van der Waals surface area contributed by atoms with E-state index in [2.05, 4.69) is 5.32 Å². The molecule has 0 bridgehead atoms. The maximum atomic E-state index is 12.6. The van der Waals surface area contributed by atoms with Crippen LogP contribution in [0.3, 0.4) is 0 Å². The normalized spacial score (nSPS) is 12.1. The van der Waals surface area contributed by atoms with E-state index in [-0.39, 0.29) is 11.7 Å². The summed E-state index contributed by atoms with van der Waals surface area (Å²) in [6.45, 7) is 3.44. The zero-order valence-electron chi connectivity index (χ0n) is 13.3. The quantitative estimate of drug-likeness (QED) is 0.560. The largest absolute Gasteiger partial charge is 0.452 e. The summed E-state index contributed by atoms with van der Waals surface area (Å²) in [5.41, 5.74) is 2.53. The van der Waals surface area contributed by atoms with Gasteiger partial charge in [-0.1, -0.05) is 30.3 Å². The van der Waals surface area contributed by atoms with Crippen LogP contribution in [0.5, 0.6) is 0 Å². The number of benzene rings is 2. The molecule has 5 heteroatoms. The summed E-state index contributed by atoms with van der Waals surface area (Å²) < 4.78 is 5.73. The predicted octanol–water partition coefficient (Wildman–Crippen LogP) is 4.54. The molecule has 1 N–H and O–H groups in total. The molecule has 2 aromatic carbocycles. The third-order valence-corrected chi connectivity index (χ3v) is 4.01. The fraction of sp³-hybridized carbons (Fsp3) is 0.158. The number of aryl methyl sites for hydroxylation is 1. The van der Waals surface area contributed by atoms with E-state index >= 15 is 0 Å². The van der Waals surface area contributed by atoms with E-state index in [4.69, 9.17) is 16.0 Å². The van der Waals surface area contributed by atoms with Gasteiger partial charge in [-0.2, -0.15) is 0 Å². The molecule has 3 aromatic rings. The molecule has 1 heterocycles. The van der Waals surface area contributed by atoms with Crippen molar-refractivity contribution in [2.24, 2.45) is 0 Å². The van der Waals surface area contributed by atoms with E-state index in [1.165, 1.54) is 0 Å². The summed E-state index contributed by atoms with van der Waals surface area (Å²) in [5.74, 6) is -0.132. The topological polar surface area (TPSA) is 59.3 Å². The van der Waals surface area contributed by atoms with Crippen molar-refractivity contribution < 1.29 is 14.0 Å². The van der Waals surface area contributed by atoms with Gasteiger partial charge in [0.15, 0.2) is 5.76 Å². The Bertz CT molecular complexity index is 913. The van der Waals surface area contributed by atoms with Gasteiger partial charge in [0, 0.05) is 22.2 Å². The number of amides is 1. The SMILES string of the molecule is Cc1c(C(=O)c2ccccc2)oc2ccc(NC(=O)C(C)Cl)cc12. The molecule has 1 atom stereocenters. The Morgan fingerprint density at radius 1 is 1.12 bits per heavy atom. The standard InChI is InChI=1S/C19H16ClNO3/c1-11-15-10-14(21-19(23)12(2)20)8-9-16(15)24-18(11)17(22)13-6-4-3-5-7-13/h3-10,12H,1-2H3,(H,21,23). The molecule has 0 saturated heterocycles. The zero-order valence-corrected chi connectivity index (χ0v) is 14.1. The number of carbonyl (C=O) groups is 2. The number of hydrogen-bond donors (Lipinski definition) is 1. The molecule has 4 nitrogen and oxygen atoms in total. The van der Waals surface area contributed by atoms with Crippen LogP contribution in [0, 0.1) is 6.92 Å². The minimum Gasteiger partial charge on any atom is -0.452 e. The minimum atomic E-state index is -0.624.